The Balaban J connectivity index is 2.31. The van der Waals surface area contributed by atoms with Gasteiger partial charge in [-0.05, 0) is 18.6 Å². The van der Waals surface area contributed by atoms with Gasteiger partial charge in [0, 0.05) is 25.7 Å². The summed E-state index contributed by atoms with van der Waals surface area (Å²) in [6.07, 6.45) is 0.882. The van der Waals surface area contributed by atoms with Crippen LogP contribution in [0.5, 0.6) is 0 Å². The molecule has 0 spiro atoms. The van der Waals surface area contributed by atoms with Crippen molar-refractivity contribution in [2.45, 2.75) is 12.8 Å². The Morgan fingerprint density at radius 1 is 1.28 bits per heavy atom. The third kappa shape index (κ3) is 4.45. The summed E-state index contributed by atoms with van der Waals surface area (Å²) in [6, 6.07) is 9.16. The first kappa shape index (κ1) is 14.0. The van der Waals surface area contributed by atoms with Crippen molar-refractivity contribution < 1.29 is 14.3 Å². The molecule has 1 aromatic rings. The summed E-state index contributed by atoms with van der Waals surface area (Å²) >= 11 is 0. The first-order chi connectivity index (χ1) is 8.65. The van der Waals surface area contributed by atoms with Crippen molar-refractivity contribution in [2.75, 3.05) is 25.6 Å². The second-order valence-electron chi connectivity index (χ2n) is 3.81. The third-order valence-corrected chi connectivity index (χ3v) is 2.51. The van der Waals surface area contributed by atoms with E-state index in [4.69, 9.17) is 0 Å². The molecule has 1 aromatic carbocycles. The quantitative estimate of drug-likeness (QED) is 0.640. The van der Waals surface area contributed by atoms with Gasteiger partial charge in [-0.3, -0.25) is 9.69 Å². The number of nitrogens with one attached hydrogen (secondary N) is 1. The number of rotatable bonds is 5. The molecule has 0 heterocycles. The van der Waals surface area contributed by atoms with E-state index in [2.05, 4.69) is 10.1 Å². The maximum Gasteiger partial charge on any atom is 0.321 e. The number of esters is 1. The van der Waals surface area contributed by atoms with Crippen LogP contribution < -0.4 is 10.2 Å². The Bertz CT molecular complexity index is 392. The van der Waals surface area contributed by atoms with Crippen LogP contribution >= 0.6 is 0 Å². The van der Waals surface area contributed by atoms with Crippen LogP contribution in [0.1, 0.15) is 12.8 Å². The van der Waals surface area contributed by atoms with E-state index in [1.807, 2.05) is 30.3 Å². The molecule has 0 aliphatic heterocycles. The number of hydrogen-bond donors (Lipinski definition) is 1. The maximum absolute atomic E-state index is 11.8. The van der Waals surface area contributed by atoms with E-state index in [9.17, 15) is 9.59 Å². The molecular weight excluding hydrogens is 232 g/mol. The molecule has 1 rings (SSSR count). The fourth-order valence-electron chi connectivity index (χ4n) is 1.42. The number of methoxy groups -OCH3 is 1. The van der Waals surface area contributed by atoms with Gasteiger partial charge in [0.1, 0.15) is 0 Å². The van der Waals surface area contributed by atoms with Crippen molar-refractivity contribution in [1.29, 1.82) is 0 Å². The highest BCUT2D eigenvalue weighted by Gasteiger charge is 2.09. The third-order valence-electron chi connectivity index (χ3n) is 2.51. The number of ether oxygens (including phenoxy) is 1. The van der Waals surface area contributed by atoms with Crippen molar-refractivity contribution in [1.82, 2.24) is 5.32 Å². The Morgan fingerprint density at radius 2 is 1.94 bits per heavy atom. The first-order valence-electron chi connectivity index (χ1n) is 5.78. The van der Waals surface area contributed by atoms with Crippen molar-refractivity contribution in [3.8, 4) is 0 Å². The lowest BCUT2D eigenvalue weighted by atomic mass is 10.3. The van der Waals surface area contributed by atoms with Gasteiger partial charge in [0.15, 0.2) is 0 Å². The summed E-state index contributed by atoms with van der Waals surface area (Å²) in [7, 11) is 3.05. The molecule has 0 aromatic heterocycles. The van der Waals surface area contributed by atoms with Gasteiger partial charge in [0.2, 0.25) is 0 Å². The summed E-state index contributed by atoms with van der Waals surface area (Å²) in [5.41, 5.74) is 0.822. The van der Waals surface area contributed by atoms with E-state index in [1.165, 1.54) is 12.0 Å². The Morgan fingerprint density at radius 3 is 2.56 bits per heavy atom. The summed E-state index contributed by atoms with van der Waals surface area (Å²) in [5.74, 6) is -0.263. The Labute approximate surface area is 107 Å². The molecule has 2 amide bonds. The molecule has 0 aliphatic carbocycles. The molecule has 18 heavy (non-hydrogen) atoms. The number of para-hydroxylation sites is 1. The molecule has 0 saturated carbocycles. The number of carbonyl (C=O) groups excluding carboxylic acids is 2. The average Bonchev–Trinajstić information content (AvgIpc) is 2.43. The van der Waals surface area contributed by atoms with Crippen LogP contribution in [-0.2, 0) is 9.53 Å². The molecular formula is C13H18N2O3. The maximum atomic E-state index is 11.8. The van der Waals surface area contributed by atoms with Gasteiger partial charge in [0.25, 0.3) is 0 Å². The SMILES string of the molecule is COC(=O)CCCNC(=O)N(C)c1ccccc1. The number of benzene rings is 1. The van der Waals surface area contributed by atoms with Crippen molar-refractivity contribution >= 4 is 17.7 Å². The summed E-state index contributed by atoms with van der Waals surface area (Å²) in [6.45, 7) is 0.450. The predicted molar refractivity (Wildman–Crippen MR) is 69.5 cm³/mol. The van der Waals surface area contributed by atoms with E-state index < -0.39 is 0 Å². The number of amides is 2. The van der Waals surface area contributed by atoms with Crippen LogP contribution in [0.15, 0.2) is 30.3 Å². The molecule has 1 N–H and O–H groups in total. The standard InChI is InChI=1S/C13H18N2O3/c1-15(11-7-4-3-5-8-11)13(17)14-10-6-9-12(16)18-2/h3-5,7-8H,6,9-10H2,1-2H3,(H,14,17). The van der Waals surface area contributed by atoms with Gasteiger partial charge in [-0.15, -0.1) is 0 Å². The highest BCUT2D eigenvalue weighted by atomic mass is 16.5. The second-order valence-corrected chi connectivity index (χ2v) is 3.81. The molecule has 0 radical (unpaired) electrons. The molecule has 0 unspecified atom stereocenters. The molecule has 98 valence electrons. The monoisotopic (exact) mass is 250 g/mol. The highest BCUT2D eigenvalue weighted by molar-refractivity contribution is 5.91. The average molecular weight is 250 g/mol. The van der Waals surface area contributed by atoms with Gasteiger partial charge in [0.05, 0.1) is 7.11 Å². The van der Waals surface area contributed by atoms with Crippen LogP contribution in [0.2, 0.25) is 0 Å². The summed E-state index contributed by atoms with van der Waals surface area (Å²) < 4.78 is 4.51. The van der Waals surface area contributed by atoms with Gasteiger partial charge < -0.3 is 10.1 Å². The van der Waals surface area contributed by atoms with Crippen molar-refractivity contribution in [3.63, 3.8) is 0 Å². The Kier molecular flexibility index (Phi) is 5.70. The smallest absolute Gasteiger partial charge is 0.321 e. The number of nitrogens with zero attached hydrogens (tertiary/aromatic N) is 1. The van der Waals surface area contributed by atoms with E-state index in [0.717, 1.165) is 5.69 Å². The minimum atomic E-state index is -0.263. The zero-order valence-corrected chi connectivity index (χ0v) is 10.7. The van der Waals surface area contributed by atoms with E-state index >= 15 is 0 Å². The van der Waals surface area contributed by atoms with Crippen LogP contribution in [0.25, 0.3) is 0 Å². The number of anilines is 1. The Hall–Kier alpha value is -2.04. The van der Waals surface area contributed by atoms with Crippen molar-refractivity contribution in [2.24, 2.45) is 0 Å². The van der Waals surface area contributed by atoms with Crippen LogP contribution in [0.4, 0.5) is 10.5 Å². The normalized spacial score (nSPS) is 9.67. The van der Waals surface area contributed by atoms with Gasteiger partial charge in [-0.2, -0.15) is 0 Å². The number of hydrogen-bond acceptors (Lipinski definition) is 3. The fraction of sp³-hybridized carbons (Fsp3) is 0.385. The lowest BCUT2D eigenvalue weighted by Gasteiger charge is -2.17. The lowest BCUT2D eigenvalue weighted by Crippen LogP contribution is -2.37. The van der Waals surface area contributed by atoms with Crippen LogP contribution in [0, 0.1) is 0 Å². The molecule has 0 aliphatic rings. The lowest BCUT2D eigenvalue weighted by molar-refractivity contribution is -0.140. The minimum Gasteiger partial charge on any atom is -0.469 e. The van der Waals surface area contributed by atoms with E-state index in [1.54, 1.807) is 7.05 Å². The van der Waals surface area contributed by atoms with Gasteiger partial charge in [-0.25, -0.2) is 4.79 Å². The fourth-order valence-corrected chi connectivity index (χ4v) is 1.42. The summed E-state index contributed by atoms with van der Waals surface area (Å²) in [5, 5.41) is 2.74. The zero-order valence-electron chi connectivity index (χ0n) is 10.7. The molecule has 0 saturated heterocycles. The molecule has 0 bridgehead atoms. The molecule has 5 nitrogen and oxygen atoms in total. The van der Waals surface area contributed by atoms with E-state index in [0.29, 0.717) is 19.4 Å². The predicted octanol–water partition coefficient (Wildman–Crippen LogP) is 1.79. The first-order valence-corrected chi connectivity index (χ1v) is 5.78. The molecule has 5 heteroatoms. The van der Waals surface area contributed by atoms with Gasteiger partial charge in [-0.1, -0.05) is 18.2 Å². The largest absolute Gasteiger partial charge is 0.469 e. The zero-order chi connectivity index (χ0) is 13.4. The summed E-state index contributed by atoms with van der Waals surface area (Å²) in [4.78, 5) is 24.1. The van der Waals surface area contributed by atoms with Gasteiger partial charge >= 0.3 is 12.0 Å². The number of urea groups is 1. The minimum absolute atomic E-state index is 0.189. The molecule has 0 fully saturated rings. The second kappa shape index (κ2) is 7.32. The van der Waals surface area contributed by atoms with Crippen LogP contribution in [-0.4, -0.2) is 32.7 Å². The highest BCUT2D eigenvalue weighted by Crippen LogP contribution is 2.10. The van der Waals surface area contributed by atoms with Crippen LogP contribution in [0.3, 0.4) is 0 Å². The van der Waals surface area contributed by atoms with E-state index in [-0.39, 0.29) is 12.0 Å². The number of carbonyl (C=O) groups is 2. The molecule has 0 atom stereocenters. The van der Waals surface area contributed by atoms with Crippen molar-refractivity contribution in [3.05, 3.63) is 30.3 Å². The topological polar surface area (TPSA) is 58.6 Å².